The molecule has 3 nitrogen and oxygen atoms in total. The van der Waals surface area contributed by atoms with Crippen molar-refractivity contribution in [3.8, 4) is 0 Å². The van der Waals surface area contributed by atoms with Crippen molar-refractivity contribution >= 4 is 22.9 Å². The Bertz CT molecular complexity index is 856. The van der Waals surface area contributed by atoms with Crippen molar-refractivity contribution < 1.29 is 18.0 Å². The lowest BCUT2D eigenvalue weighted by Crippen LogP contribution is -2.33. The number of fused-ring (bicyclic) bond motifs is 3. The maximum Gasteiger partial charge on any atom is 0.392 e. The topological polar surface area (TPSA) is 41.5 Å². The number of nitrogens with zero attached hydrogens (tertiary/aromatic N) is 1. The van der Waals surface area contributed by atoms with Gasteiger partial charge >= 0.3 is 6.18 Å². The Hall–Kier alpha value is -2.37. The Morgan fingerprint density at radius 1 is 1.08 bits per heavy atom. The fraction of sp³-hybridized carbons (Fsp3) is 0.400. The van der Waals surface area contributed by atoms with Crippen molar-refractivity contribution in [2.24, 2.45) is 28.8 Å². The predicted molar refractivity (Wildman–Crippen MR) is 93.8 cm³/mol. The first-order valence-electron chi connectivity index (χ1n) is 8.81. The number of amides is 1. The van der Waals surface area contributed by atoms with E-state index in [0.29, 0.717) is 12.0 Å². The van der Waals surface area contributed by atoms with Crippen molar-refractivity contribution in [1.29, 1.82) is 0 Å². The van der Waals surface area contributed by atoms with Gasteiger partial charge in [0.25, 0.3) is 5.91 Å². The zero-order valence-corrected chi connectivity index (χ0v) is 14.0. The van der Waals surface area contributed by atoms with E-state index >= 15 is 0 Å². The van der Waals surface area contributed by atoms with Crippen LogP contribution in [0.5, 0.6) is 0 Å². The molecule has 2 aliphatic rings. The Balaban J connectivity index is 1.45. The molecule has 0 unspecified atom stereocenters. The van der Waals surface area contributed by atoms with Gasteiger partial charge in [-0.15, -0.1) is 0 Å². The highest BCUT2D eigenvalue weighted by Gasteiger charge is 2.56. The van der Waals surface area contributed by atoms with Gasteiger partial charge in [-0.3, -0.25) is 4.79 Å². The van der Waals surface area contributed by atoms with Crippen LogP contribution in [0.15, 0.2) is 47.6 Å². The second-order valence-electron chi connectivity index (χ2n) is 7.29. The van der Waals surface area contributed by atoms with Gasteiger partial charge < -0.3 is 0 Å². The summed E-state index contributed by atoms with van der Waals surface area (Å²) >= 11 is 0. The van der Waals surface area contributed by atoms with Crippen LogP contribution in [0.2, 0.25) is 0 Å². The molecule has 2 aromatic rings. The summed E-state index contributed by atoms with van der Waals surface area (Å²) in [5.74, 6) is -2.08. The summed E-state index contributed by atoms with van der Waals surface area (Å²) in [4.78, 5) is 12.4. The summed E-state index contributed by atoms with van der Waals surface area (Å²) in [7, 11) is 0. The minimum Gasteiger partial charge on any atom is -0.267 e. The maximum atomic E-state index is 13.1. The van der Waals surface area contributed by atoms with Crippen molar-refractivity contribution in [2.75, 3.05) is 0 Å². The molecule has 2 fully saturated rings. The molecular weight excluding hydrogens is 341 g/mol. The molecule has 0 aliphatic heterocycles. The first-order valence-corrected chi connectivity index (χ1v) is 8.81. The molecule has 0 radical (unpaired) electrons. The minimum absolute atomic E-state index is 0.122. The van der Waals surface area contributed by atoms with E-state index in [-0.39, 0.29) is 24.2 Å². The van der Waals surface area contributed by atoms with Crippen molar-refractivity contribution in [1.82, 2.24) is 5.43 Å². The van der Waals surface area contributed by atoms with Gasteiger partial charge in [-0.2, -0.15) is 18.3 Å². The third-order valence-corrected chi connectivity index (χ3v) is 5.75. The first-order chi connectivity index (χ1) is 12.4. The van der Waals surface area contributed by atoms with Gasteiger partial charge in [0.1, 0.15) is 0 Å². The van der Waals surface area contributed by atoms with Gasteiger partial charge in [0.05, 0.1) is 5.92 Å². The van der Waals surface area contributed by atoms with Crippen LogP contribution in [-0.2, 0) is 0 Å². The molecule has 0 aromatic heterocycles. The number of rotatable bonds is 3. The molecule has 2 aliphatic carbocycles. The van der Waals surface area contributed by atoms with Crippen LogP contribution in [0.4, 0.5) is 13.2 Å². The highest BCUT2D eigenvalue weighted by molar-refractivity contribution is 6.07. The summed E-state index contributed by atoms with van der Waals surface area (Å²) < 4.78 is 39.3. The standard InChI is InChI=1S/C20H19F3N2O/c21-20(22,23)18-10-12-8-14(17(18)9-12)11-24-25-19(26)16-7-3-5-13-4-1-2-6-15(13)16/h1-7,11-12,14,17-18H,8-10H2,(H,25,26)/b24-11-/t12-,14-,17+,18+/m1/s1. The fourth-order valence-electron chi connectivity index (χ4n) is 4.63. The van der Waals surface area contributed by atoms with E-state index < -0.39 is 18.0 Å². The van der Waals surface area contributed by atoms with Crippen LogP contribution >= 0.6 is 0 Å². The molecule has 4 rings (SSSR count). The zero-order valence-electron chi connectivity index (χ0n) is 14.0. The quantitative estimate of drug-likeness (QED) is 0.621. The van der Waals surface area contributed by atoms with Crippen LogP contribution in [0.25, 0.3) is 10.8 Å². The van der Waals surface area contributed by atoms with Crippen molar-refractivity contribution in [2.45, 2.75) is 25.4 Å². The summed E-state index contributed by atoms with van der Waals surface area (Å²) in [6, 6.07) is 13.0. The van der Waals surface area contributed by atoms with Crippen LogP contribution in [0, 0.1) is 23.7 Å². The minimum atomic E-state index is -4.14. The third kappa shape index (κ3) is 3.08. The van der Waals surface area contributed by atoms with Gasteiger partial charge in [-0.1, -0.05) is 36.4 Å². The molecule has 1 N–H and O–H groups in total. The Kier molecular flexibility index (Phi) is 4.21. The van der Waals surface area contributed by atoms with Gasteiger partial charge in [0.15, 0.2) is 0 Å². The van der Waals surface area contributed by atoms with Gasteiger partial charge in [0.2, 0.25) is 0 Å². The van der Waals surface area contributed by atoms with E-state index in [1.807, 2.05) is 30.3 Å². The van der Waals surface area contributed by atoms with Crippen molar-refractivity contribution in [3.63, 3.8) is 0 Å². The number of hydrazone groups is 1. The average Bonchev–Trinajstić information content (AvgIpc) is 3.21. The lowest BCUT2D eigenvalue weighted by molar-refractivity contribution is -0.189. The lowest BCUT2D eigenvalue weighted by atomic mass is 9.81. The first kappa shape index (κ1) is 17.1. The predicted octanol–water partition coefficient (Wildman–Crippen LogP) is 4.78. The van der Waals surface area contributed by atoms with Crippen LogP contribution in [-0.4, -0.2) is 18.3 Å². The molecule has 6 heteroatoms. The number of hydrogen-bond donors (Lipinski definition) is 1. The normalized spacial score (nSPS) is 28.1. The molecule has 4 atom stereocenters. The molecule has 136 valence electrons. The Morgan fingerprint density at radius 2 is 1.85 bits per heavy atom. The van der Waals surface area contributed by atoms with E-state index in [9.17, 15) is 18.0 Å². The second-order valence-corrected chi connectivity index (χ2v) is 7.29. The molecular formula is C20H19F3N2O. The summed E-state index contributed by atoms with van der Waals surface area (Å²) in [6.07, 6.45) is -1.06. The second kappa shape index (κ2) is 6.41. The summed E-state index contributed by atoms with van der Waals surface area (Å²) in [5.41, 5.74) is 2.98. The van der Waals surface area contributed by atoms with Crippen molar-refractivity contribution in [3.05, 3.63) is 48.0 Å². The van der Waals surface area contributed by atoms with Crippen LogP contribution in [0.1, 0.15) is 29.6 Å². The van der Waals surface area contributed by atoms with E-state index in [4.69, 9.17) is 0 Å². The largest absolute Gasteiger partial charge is 0.392 e. The smallest absolute Gasteiger partial charge is 0.267 e. The maximum absolute atomic E-state index is 13.1. The third-order valence-electron chi connectivity index (χ3n) is 5.75. The molecule has 26 heavy (non-hydrogen) atoms. The summed E-state index contributed by atoms with van der Waals surface area (Å²) in [5, 5.41) is 5.75. The Labute approximate surface area is 149 Å². The van der Waals surface area contributed by atoms with Gasteiger partial charge in [0, 0.05) is 11.8 Å². The molecule has 2 aromatic carbocycles. The van der Waals surface area contributed by atoms with Gasteiger partial charge in [-0.05, 0) is 53.9 Å². The van der Waals surface area contributed by atoms with E-state index in [2.05, 4.69) is 10.5 Å². The number of alkyl halides is 3. The van der Waals surface area contributed by atoms with E-state index in [0.717, 1.165) is 17.2 Å². The number of carbonyl (C=O) groups is 1. The van der Waals surface area contributed by atoms with Crippen LogP contribution in [0.3, 0.4) is 0 Å². The number of halogens is 3. The van der Waals surface area contributed by atoms with Gasteiger partial charge in [-0.25, -0.2) is 5.43 Å². The highest BCUT2D eigenvalue weighted by Crippen LogP contribution is 2.56. The van der Waals surface area contributed by atoms with E-state index in [1.165, 1.54) is 6.21 Å². The average molecular weight is 360 g/mol. The highest BCUT2D eigenvalue weighted by atomic mass is 19.4. The molecule has 2 saturated carbocycles. The number of hydrogen-bond acceptors (Lipinski definition) is 2. The molecule has 0 saturated heterocycles. The molecule has 1 amide bonds. The van der Waals surface area contributed by atoms with Crippen LogP contribution < -0.4 is 5.43 Å². The van der Waals surface area contributed by atoms with E-state index in [1.54, 1.807) is 12.1 Å². The monoisotopic (exact) mass is 360 g/mol. The SMILES string of the molecule is O=C(N/N=C\[C@H]1C[C@@H]2C[C@@H]1[C@@H](C(F)(F)F)C2)c1cccc2ccccc12. The molecule has 0 spiro atoms. The molecule has 2 bridgehead atoms. The summed E-state index contributed by atoms with van der Waals surface area (Å²) in [6.45, 7) is 0. The lowest BCUT2D eigenvalue weighted by Gasteiger charge is -2.28. The number of benzene rings is 2. The Morgan fingerprint density at radius 3 is 2.62 bits per heavy atom. The zero-order chi connectivity index (χ0) is 18.3. The fourth-order valence-corrected chi connectivity index (χ4v) is 4.63. The number of nitrogens with one attached hydrogen (secondary N) is 1. The molecule has 0 heterocycles. The number of carbonyl (C=O) groups excluding carboxylic acids is 1.